The summed E-state index contributed by atoms with van der Waals surface area (Å²) in [4.78, 5) is 25.5. The van der Waals surface area contributed by atoms with E-state index in [-0.39, 0.29) is 18.1 Å². The molecule has 6 nitrogen and oxygen atoms in total. The van der Waals surface area contributed by atoms with Gasteiger partial charge in [-0.1, -0.05) is 6.07 Å². The molecule has 1 saturated heterocycles. The third kappa shape index (κ3) is 3.87. The Labute approximate surface area is 141 Å². The maximum atomic E-state index is 12.8. The Hall–Kier alpha value is -2.08. The summed E-state index contributed by atoms with van der Waals surface area (Å²) in [5, 5.41) is 9.25. The van der Waals surface area contributed by atoms with Gasteiger partial charge in [-0.3, -0.25) is 4.79 Å². The predicted molar refractivity (Wildman–Crippen MR) is 87.2 cm³/mol. The molecule has 1 aliphatic carbocycles. The lowest BCUT2D eigenvalue weighted by Crippen LogP contribution is -2.44. The molecule has 0 bridgehead atoms. The van der Waals surface area contributed by atoms with Crippen LogP contribution >= 0.6 is 0 Å². The summed E-state index contributed by atoms with van der Waals surface area (Å²) < 4.78 is 11.3. The largest absolute Gasteiger partial charge is 0.491 e. The van der Waals surface area contributed by atoms with Gasteiger partial charge in [-0.05, 0) is 50.8 Å². The van der Waals surface area contributed by atoms with Crippen molar-refractivity contribution in [2.45, 2.75) is 50.8 Å². The quantitative estimate of drug-likeness (QED) is 0.829. The standard InChI is InChI=1S/C18H23NO5/c1-12(18(21)22)19(14-7-8-14)17(20)13-4-2-5-15(10-13)24-11-16-6-3-9-23-16/h2,4-5,10,12,14,16H,3,6-9,11H2,1H3,(H,21,22). The van der Waals surface area contributed by atoms with Gasteiger partial charge in [0.15, 0.2) is 0 Å². The lowest BCUT2D eigenvalue weighted by Gasteiger charge is -2.26. The first-order valence-corrected chi connectivity index (χ1v) is 8.46. The van der Waals surface area contributed by atoms with Crippen molar-refractivity contribution in [1.29, 1.82) is 0 Å². The molecule has 1 saturated carbocycles. The predicted octanol–water partition coefficient (Wildman–Crippen LogP) is 2.32. The number of amides is 1. The molecule has 2 fully saturated rings. The number of benzene rings is 1. The van der Waals surface area contributed by atoms with E-state index in [0.29, 0.717) is 17.9 Å². The number of rotatable bonds is 7. The Morgan fingerprint density at radius 2 is 2.17 bits per heavy atom. The molecule has 1 aromatic rings. The van der Waals surface area contributed by atoms with Gasteiger partial charge in [-0.2, -0.15) is 0 Å². The highest BCUT2D eigenvalue weighted by atomic mass is 16.5. The van der Waals surface area contributed by atoms with E-state index < -0.39 is 12.0 Å². The second-order valence-electron chi connectivity index (χ2n) is 6.43. The minimum absolute atomic E-state index is 0.0278. The number of carboxylic acid groups (broad SMARTS) is 1. The molecule has 0 aromatic heterocycles. The number of carbonyl (C=O) groups excluding carboxylic acids is 1. The Balaban J connectivity index is 1.69. The van der Waals surface area contributed by atoms with Gasteiger partial charge < -0.3 is 19.5 Å². The van der Waals surface area contributed by atoms with Crippen molar-refractivity contribution in [2.75, 3.05) is 13.2 Å². The van der Waals surface area contributed by atoms with Crippen LogP contribution in [-0.4, -0.2) is 53.3 Å². The Morgan fingerprint density at radius 1 is 1.38 bits per heavy atom. The van der Waals surface area contributed by atoms with Crippen molar-refractivity contribution in [3.05, 3.63) is 29.8 Å². The number of ether oxygens (including phenoxy) is 2. The van der Waals surface area contributed by atoms with E-state index in [4.69, 9.17) is 9.47 Å². The van der Waals surface area contributed by atoms with Gasteiger partial charge in [-0.25, -0.2) is 4.79 Å². The van der Waals surface area contributed by atoms with Crippen molar-refractivity contribution < 1.29 is 24.2 Å². The fraction of sp³-hybridized carbons (Fsp3) is 0.556. The van der Waals surface area contributed by atoms with Crippen LogP contribution in [-0.2, 0) is 9.53 Å². The fourth-order valence-corrected chi connectivity index (χ4v) is 2.96. The van der Waals surface area contributed by atoms with Crippen LogP contribution < -0.4 is 4.74 Å². The Kier molecular flexibility index (Phi) is 5.04. The molecule has 6 heteroatoms. The molecule has 130 valence electrons. The van der Waals surface area contributed by atoms with Gasteiger partial charge in [0, 0.05) is 18.2 Å². The number of carboxylic acids is 1. The Morgan fingerprint density at radius 3 is 2.79 bits per heavy atom. The second kappa shape index (κ2) is 7.21. The van der Waals surface area contributed by atoms with E-state index in [1.54, 1.807) is 31.2 Å². The molecule has 2 atom stereocenters. The lowest BCUT2D eigenvalue weighted by atomic mass is 10.1. The minimum Gasteiger partial charge on any atom is -0.491 e. The van der Waals surface area contributed by atoms with E-state index in [1.807, 2.05) is 0 Å². The third-order valence-electron chi connectivity index (χ3n) is 4.49. The van der Waals surface area contributed by atoms with Crippen LogP contribution in [0.2, 0.25) is 0 Å². The van der Waals surface area contributed by atoms with E-state index in [2.05, 4.69) is 0 Å². The van der Waals surface area contributed by atoms with Crippen LogP contribution in [0.15, 0.2) is 24.3 Å². The van der Waals surface area contributed by atoms with Crippen molar-refractivity contribution in [2.24, 2.45) is 0 Å². The van der Waals surface area contributed by atoms with Gasteiger partial charge in [0.25, 0.3) is 5.91 Å². The zero-order chi connectivity index (χ0) is 17.1. The molecule has 2 unspecified atom stereocenters. The number of carbonyl (C=O) groups is 2. The van der Waals surface area contributed by atoms with E-state index >= 15 is 0 Å². The highest BCUT2D eigenvalue weighted by Crippen LogP contribution is 2.31. The number of nitrogens with zero attached hydrogens (tertiary/aromatic N) is 1. The highest BCUT2D eigenvalue weighted by molar-refractivity contribution is 5.97. The molecule has 0 spiro atoms. The summed E-state index contributed by atoms with van der Waals surface area (Å²) in [7, 11) is 0. The van der Waals surface area contributed by atoms with Gasteiger partial charge in [0.2, 0.25) is 0 Å². The molecule has 1 aliphatic heterocycles. The van der Waals surface area contributed by atoms with Crippen LogP contribution in [0, 0.1) is 0 Å². The average molecular weight is 333 g/mol. The van der Waals surface area contributed by atoms with E-state index in [9.17, 15) is 14.7 Å². The van der Waals surface area contributed by atoms with Crippen LogP contribution in [0.3, 0.4) is 0 Å². The van der Waals surface area contributed by atoms with Crippen molar-refractivity contribution in [3.63, 3.8) is 0 Å². The van der Waals surface area contributed by atoms with Crippen molar-refractivity contribution in [1.82, 2.24) is 4.90 Å². The second-order valence-corrected chi connectivity index (χ2v) is 6.43. The lowest BCUT2D eigenvalue weighted by molar-refractivity contribution is -0.141. The summed E-state index contributed by atoms with van der Waals surface area (Å²) in [5.74, 6) is -0.633. The molecular weight excluding hydrogens is 310 g/mol. The zero-order valence-corrected chi connectivity index (χ0v) is 13.8. The Bertz CT molecular complexity index is 607. The van der Waals surface area contributed by atoms with E-state index in [1.165, 1.54) is 4.90 Å². The van der Waals surface area contributed by atoms with Crippen molar-refractivity contribution in [3.8, 4) is 5.75 Å². The number of aliphatic carboxylic acids is 1. The molecule has 3 rings (SSSR count). The van der Waals surface area contributed by atoms with Gasteiger partial charge in [0.1, 0.15) is 18.4 Å². The van der Waals surface area contributed by atoms with Gasteiger partial charge in [-0.15, -0.1) is 0 Å². The molecule has 1 amide bonds. The minimum atomic E-state index is -0.985. The summed E-state index contributed by atoms with van der Waals surface area (Å²) in [6, 6.07) is 6.14. The normalized spacial score (nSPS) is 21.3. The zero-order valence-electron chi connectivity index (χ0n) is 13.8. The SMILES string of the molecule is CC(C(=O)O)N(C(=O)c1cccc(OCC2CCCO2)c1)C1CC1. The van der Waals surface area contributed by atoms with E-state index in [0.717, 1.165) is 32.3 Å². The highest BCUT2D eigenvalue weighted by Gasteiger charge is 2.38. The average Bonchev–Trinajstić information content (AvgIpc) is 3.27. The third-order valence-corrected chi connectivity index (χ3v) is 4.49. The van der Waals surface area contributed by atoms with Crippen LogP contribution in [0.25, 0.3) is 0 Å². The first-order chi connectivity index (χ1) is 11.6. The maximum absolute atomic E-state index is 12.8. The summed E-state index contributed by atoms with van der Waals surface area (Å²) in [6.45, 7) is 2.79. The summed E-state index contributed by atoms with van der Waals surface area (Å²) >= 11 is 0. The van der Waals surface area contributed by atoms with Gasteiger partial charge >= 0.3 is 5.97 Å². The van der Waals surface area contributed by atoms with Crippen LogP contribution in [0.1, 0.15) is 43.0 Å². The number of hydrogen-bond donors (Lipinski definition) is 1. The molecular formula is C18H23NO5. The van der Waals surface area contributed by atoms with Crippen LogP contribution in [0.5, 0.6) is 5.75 Å². The number of hydrogen-bond acceptors (Lipinski definition) is 4. The smallest absolute Gasteiger partial charge is 0.326 e. The van der Waals surface area contributed by atoms with Crippen LogP contribution in [0.4, 0.5) is 0 Å². The first-order valence-electron chi connectivity index (χ1n) is 8.46. The fourth-order valence-electron chi connectivity index (χ4n) is 2.96. The topological polar surface area (TPSA) is 76.1 Å². The maximum Gasteiger partial charge on any atom is 0.326 e. The molecule has 0 radical (unpaired) electrons. The molecule has 1 heterocycles. The van der Waals surface area contributed by atoms with Gasteiger partial charge in [0.05, 0.1) is 6.10 Å². The molecule has 1 aromatic carbocycles. The first kappa shape index (κ1) is 16.8. The molecule has 1 N–H and O–H groups in total. The molecule has 24 heavy (non-hydrogen) atoms. The van der Waals surface area contributed by atoms with Crippen molar-refractivity contribution >= 4 is 11.9 Å². The monoisotopic (exact) mass is 333 g/mol. The molecule has 2 aliphatic rings. The summed E-state index contributed by atoms with van der Waals surface area (Å²) in [5.41, 5.74) is 0.458. The summed E-state index contributed by atoms with van der Waals surface area (Å²) in [6.07, 6.45) is 3.87.